The summed E-state index contributed by atoms with van der Waals surface area (Å²) in [5.41, 5.74) is -0.218. The number of halogens is 1. The van der Waals surface area contributed by atoms with Gasteiger partial charge in [0.05, 0.1) is 11.1 Å². The second kappa shape index (κ2) is 5.83. The molecule has 1 aromatic heterocycles. The number of rotatable bonds is 5. The standard InChI is InChI=1S/C14H21ClN2O3S/c1-5-20-13-7-12(14(13,2)3)17(4)21(18,19)11-6-10(15)8-16-9-11/h6,8-9,12-13H,5,7H2,1-4H3/t12-,13-/m1/s1. The Labute approximate surface area is 131 Å². The van der Waals surface area contributed by atoms with E-state index in [4.69, 9.17) is 16.3 Å². The molecule has 2 rings (SSSR count). The van der Waals surface area contributed by atoms with Crippen molar-refractivity contribution >= 4 is 21.6 Å². The lowest BCUT2D eigenvalue weighted by molar-refractivity contribution is -0.129. The molecule has 5 nitrogen and oxygen atoms in total. The fourth-order valence-electron chi connectivity index (χ4n) is 2.83. The van der Waals surface area contributed by atoms with E-state index in [0.29, 0.717) is 18.1 Å². The zero-order valence-corrected chi connectivity index (χ0v) is 14.3. The third-order valence-corrected chi connectivity index (χ3v) is 6.33. The van der Waals surface area contributed by atoms with Crippen LogP contribution in [0.2, 0.25) is 5.02 Å². The van der Waals surface area contributed by atoms with Crippen molar-refractivity contribution < 1.29 is 13.2 Å². The molecular weight excluding hydrogens is 312 g/mol. The van der Waals surface area contributed by atoms with Gasteiger partial charge in [0.25, 0.3) is 0 Å². The van der Waals surface area contributed by atoms with Crippen molar-refractivity contribution in [3.63, 3.8) is 0 Å². The second-order valence-electron chi connectivity index (χ2n) is 5.88. The highest BCUT2D eigenvalue weighted by atomic mass is 35.5. The van der Waals surface area contributed by atoms with Crippen LogP contribution in [0.5, 0.6) is 0 Å². The monoisotopic (exact) mass is 332 g/mol. The van der Waals surface area contributed by atoms with Crippen LogP contribution in [0.3, 0.4) is 0 Å². The summed E-state index contributed by atoms with van der Waals surface area (Å²) in [6.07, 6.45) is 3.52. The van der Waals surface area contributed by atoms with Crippen molar-refractivity contribution in [1.29, 1.82) is 0 Å². The van der Waals surface area contributed by atoms with Gasteiger partial charge in [-0.15, -0.1) is 0 Å². The molecule has 1 heterocycles. The van der Waals surface area contributed by atoms with Gasteiger partial charge >= 0.3 is 0 Å². The fourth-order valence-corrected chi connectivity index (χ4v) is 4.57. The van der Waals surface area contributed by atoms with Crippen LogP contribution in [-0.2, 0) is 14.8 Å². The number of hydrogen-bond acceptors (Lipinski definition) is 4. The van der Waals surface area contributed by atoms with Crippen molar-refractivity contribution in [2.45, 2.75) is 44.2 Å². The Kier molecular flexibility index (Phi) is 4.63. The quantitative estimate of drug-likeness (QED) is 0.831. The molecule has 0 spiro atoms. The van der Waals surface area contributed by atoms with Gasteiger partial charge < -0.3 is 4.74 Å². The Morgan fingerprint density at radius 3 is 2.67 bits per heavy atom. The van der Waals surface area contributed by atoms with Gasteiger partial charge in [-0.25, -0.2) is 8.42 Å². The van der Waals surface area contributed by atoms with Crippen molar-refractivity contribution in [1.82, 2.24) is 9.29 Å². The Hall–Kier alpha value is -0.690. The molecule has 0 amide bonds. The van der Waals surface area contributed by atoms with Crippen LogP contribution >= 0.6 is 11.6 Å². The van der Waals surface area contributed by atoms with Gasteiger partial charge in [-0.3, -0.25) is 4.98 Å². The van der Waals surface area contributed by atoms with Gasteiger partial charge in [-0.05, 0) is 19.4 Å². The fraction of sp³-hybridized carbons (Fsp3) is 0.643. The molecule has 0 saturated heterocycles. The number of hydrogen-bond donors (Lipinski definition) is 0. The average Bonchev–Trinajstić information content (AvgIpc) is 2.42. The van der Waals surface area contributed by atoms with Gasteiger partial charge in [0.1, 0.15) is 4.90 Å². The van der Waals surface area contributed by atoms with Crippen LogP contribution in [0.25, 0.3) is 0 Å². The van der Waals surface area contributed by atoms with Crippen LogP contribution in [-0.4, -0.2) is 43.5 Å². The molecule has 2 atom stereocenters. The van der Waals surface area contributed by atoms with Gasteiger partial charge in [0.15, 0.2) is 0 Å². The molecule has 21 heavy (non-hydrogen) atoms. The summed E-state index contributed by atoms with van der Waals surface area (Å²) >= 11 is 5.84. The number of aromatic nitrogens is 1. The summed E-state index contributed by atoms with van der Waals surface area (Å²) in [6.45, 7) is 6.64. The second-order valence-corrected chi connectivity index (χ2v) is 8.31. The summed E-state index contributed by atoms with van der Waals surface area (Å²) in [6, 6.07) is 1.32. The molecule has 1 aliphatic rings. The smallest absolute Gasteiger partial charge is 0.244 e. The van der Waals surface area contributed by atoms with E-state index in [9.17, 15) is 8.42 Å². The largest absolute Gasteiger partial charge is 0.378 e. The molecule has 1 saturated carbocycles. The number of sulfonamides is 1. The predicted molar refractivity (Wildman–Crippen MR) is 81.8 cm³/mol. The molecule has 1 aromatic rings. The summed E-state index contributed by atoms with van der Waals surface area (Å²) in [5.74, 6) is 0. The number of pyridine rings is 1. The maximum atomic E-state index is 12.7. The van der Waals surface area contributed by atoms with Crippen molar-refractivity contribution in [2.75, 3.05) is 13.7 Å². The first-order chi connectivity index (χ1) is 9.71. The normalized spacial score (nSPS) is 24.9. The first-order valence-electron chi connectivity index (χ1n) is 6.91. The molecule has 0 N–H and O–H groups in total. The lowest BCUT2D eigenvalue weighted by Crippen LogP contribution is -2.62. The van der Waals surface area contributed by atoms with E-state index in [2.05, 4.69) is 4.98 Å². The topological polar surface area (TPSA) is 59.5 Å². The molecule has 0 radical (unpaired) electrons. The molecule has 7 heteroatoms. The first kappa shape index (κ1) is 16.7. The van der Waals surface area contributed by atoms with Gasteiger partial charge in [0.2, 0.25) is 10.0 Å². The summed E-state index contributed by atoms with van der Waals surface area (Å²) in [4.78, 5) is 3.97. The van der Waals surface area contributed by atoms with Crippen LogP contribution in [0.1, 0.15) is 27.2 Å². The third-order valence-electron chi connectivity index (χ3n) is 4.29. The minimum absolute atomic E-state index is 0.0858. The number of nitrogens with zero attached hydrogens (tertiary/aromatic N) is 2. The van der Waals surface area contributed by atoms with Crippen LogP contribution in [0.4, 0.5) is 0 Å². The molecule has 0 aromatic carbocycles. The van der Waals surface area contributed by atoms with Crippen molar-refractivity contribution in [3.8, 4) is 0 Å². The van der Waals surface area contributed by atoms with E-state index >= 15 is 0 Å². The summed E-state index contributed by atoms with van der Waals surface area (Å²) in [5, 5.41) is 0.310. The zero-order valence-electron chi connectivity index (χ0n) is 12.7. The van der Waals surface area contributed by atoms with E-state index in [1.54, 1.807) is 7.05 Å². The molecule has 0 aliphatic heterocycles. The molecule has 0 unspecified atom stereocenters. The lowest BCUT2D eigenvalue weighted by Gasteiger charge is -2.54. The Morgan fingerprint density at radius 2 is 2.14 bits per heavy atom. The zero-order chi connectivity index (χ0) is 15.8. The predicted octanol–water partition coefficient (Wildman–Crippen LogP) is 2.56. The number of ether oxygens (including phenoxy) is 1. The van der Waals surface area contributed by atoms with Crippen molar-refractivity contribution in [2.24, 2.45) is 5.41 Å². The molecular formula is C14H21ClN2O3S. The summed E-state index contributed by atoms with van der Waals surface area (Å²) in [7, 11) is -2.00. The van der Waals surface area contributed by atoms with Gasteiger partial charge in [-0.1, -0.05) is 25.4 Å². The van der Waals surface area contributed by atoms with Crippen LogP contribution in [0.15, 0.2) is 23.4 Å². The molecule has 118 valence electrons. The Balaban J connectivity index is 2.23. The first-order valence-corrected chi connectivity index (χ1v) is 8.73. The minimum atomic E-state index is -3.60. The third kappa shape index (κ3) is 2.95. The van der Waals surface area contributed by atoms with E-state index < -0.39 is 10.0 Å². The van der Waals surface area contributed by atoms with E-state index in [1.165, 1.54) is 22.8 Å². The van der Waals surface area contributed by atoms with E-state index in [-0.39, 0.29) is 22.5 Å². The maximum Gasteiger partial charge on any atom is 0.244 e. The van der Waals surface area contributed by atoms with Crippen LogP contribution in [0, 0.1) is 5.41 Å². The average molecular weight is 333 g/mol. The Bertz CT molecular complexity index is 618. The highest BCUT2D eigenvalue weighted by Gasteiger charge is 2.53. The molecule has 1 fully saturated rings. The molecule has 0 bridgehead atoms. The SMILES string of the molecule is CCO[C@@H]1C[C@@H](N(C)S(=O)(=O)c2cncc(Cl)c2)C1(C)C. The van der Waals surface area contributed by atoms with Gasteiger partial charge in [0, 0.05) is 37.5 Å². The van der Waals surface area contributed by atoms with Gasteiger partial charge in [-0.2, -0.15) is 4.31 Å². The van der Waals surface area contributed by atoms with E-state index in [0.717, 1.165) is 0 Å². The van der Waals surface area contributed by atoms with E-state index in [1.807, 2.05) is 20.8 Å². The highest BCUT2D eigenvalue weighted by Crippen LogP contribution is 2.46. The minimum Gasteiger partial charge on any atom is -0.378 e. The summed E-state index contributed by atoms with van der Waals surface area (Å²) < 4.78 is 32.4. The highest BCUT2D eigenvalue weighted by molar-refractivity contribution is 7.89. The van der Waals surface area contributed by atoms with Crippen LogP contribution < -0.4 is 0 Å². The lowest BCUT2D eigenvalue weighted by atomic mass is 9.64. The maximum absolute atomic E-state index is 12.7. The van der Waals surface area contributed by atoms with Crippen molar-refractivity contribution in [3.05, 3.63) is 23.5 Å². The Morgan fingerprint density at radius 1 is 1.48 bits per heavy atom. The molecule has 1 aliphatic carbocycles.